The van der Waals surface area contributed by atoms with E-state index >= 15 is 0 Å². The largest absolute Gasteiger partial charge is 0.389 e. The molecule has 16 heavy (non-hydrogen) atoms. The monoisotopic (exact) mass is 238 g/mol. The summed E-state index contributed by atoms with van der Waals surface area (Å²) in [5, 5.41) is 9.51. The normalized spacial score (nSPS) is 13.1. The average molecular weight is 238 g/mol. The lowest BCUT2D eigenvalue weighted by Gasteiger charge is -2.12. The molecule has 1 atom stereocenters. The molecule has 0 saturated carbocycles. The molecule has 0 fully saturated rings. The van der Waals surface area contributed by atoms with Gasteiger partial charge >= 0.3 is 0 Å². The Labute approximate surface area is 103 Å². The van der Waals surface area contributed by atoms with E-state index in [0.29, 0.717) is 0 Å². The lowest BCUT2D eigenvalue weighted by molar-refractivity contribution is 0.199. The van der Waals surface area contributed by atoms with Crippen LogP contribution in [0.3, 0.4) is 0 Å². The molecule has 1 aromatic carbocycles. The molecule has 1 N–H and O–H groups in total. The van der Waals surface area contributed by atoms with Crippen LogP contribution in [0.4, 0.5) is 0 Å². The summed E-state index contributed by atoms with van der Waals surface area (Å²) in [5.41, 5.74) is 1.01. The van der Waals surface area contributed by atoms with Crippen LogP contribution in [0, 0.1) is 5.92 Å². The van der Waals surface area contributed by atoms with Gasteiger partial charge in [0.15, 0.2) is 0 Å². The minimum Gasteiger partial charge on any atom is -0.389 e. The Kier molecular flexibility index (Phi) is 5.93. The summed E-state index contributed by atoms with van der Waals surface area (Å²) < 4.78 is 0. The molecular weight excluding hydrogens is 216 g/mol. The van der Waals surface area contributed by atoms with E-state index in [1.54, 1.807) is 0 Å². The van der Waals surface area contributed by atoms with E-state index in [4.69, 9.17) is 0 Å². The van der Waals surface area contributed by atoms with Crippen molar-refractivity contribution in [3.05, 3.63) is 29.8 Å². The molecule has 0 heterocycles. The Morgan fingerprint density at radius 1 is 1.25 bits per heavy atom. The second-order valence-corrected chi connectivity index (χ2v) is 5.34. The van der Waals surface area contributed by atoms with Gasteiger partial charge in [-0.1, -0.05) is 38.8 Å². The molecule has 0 bridgehead atoms. The fraction of sp³-hybridized carbons (Fsp3) is 0.571. The number of hydrogen-bond acceptors (Lipinski definition) is 2. The summed E-state index contributed by atoms with van der Waals surface area (Å²) in [7, 11) is 0. The van der Waals surface area contributed by atoms with Crippen molar-refractivity contribution in [3.63, 3.8) is 0 Å². The topological polar surface area (TPSA) is 20.2 Å². The van der Waals surface area contributed by atoms with Crippen molar-refractivity contribution >= 4 is 11.8 Å². The molecule has 1 rings (SSSR count). The van der Waals surface area contributed by atoms with E-state index in [1.807, 2.05) is 30.8 Å². The highest BCUT2D eigenvalue weighted by Gasteiger charge is 2.06. The van der Waals surface area contributed by atoms with Gasteiger partial charge in [-0.15, -0.1) is 11.8 Å². The van der Waals surface area contributed by atoms with Crippen LogP contribution in [0.5, 0.6) is 0 Å². The van der Waals surface area contributed by atoms with Crippen LogP contribution in [0.15, 0.2) is 29.2 Å². The number of thioether (sulfide) groups is 1. The van der Waals surface area contributed by atoms with Crippen molar-refractivity contribution in [2.24, 2.45) is 5.92 Å². The molecular formula is C14H22OS. The fourth-order valence-corrected chi connectivity index (χ4v) is 2.90. The lowest BCUT2D eigenvalue weighted by Crippen LogP contribution is -2.00. The fourth-order valence-electron chi connectivity index (χ4n) is 1.60. The first-order chi connectivity index (χ1) is 7.67. The molecule has 0 aromatic heterocycles. The molecule has 0 saturated heterocycles. The van der Waals surface area contributed by atoms with Crippen molar-refractivity contribution in [2.45, 2.75) is 44.6 Å². The predicted octanol–water partition coefficient (Wildman–Crippen LogP) is 4.27. The van der Waals surface area contributed by atoms with Gasteiger partial charge < -0.3 is 5.11 Å². The van der Waals surface area contributed by atoms with E-state index in [0.717, 1.165) is 11.5 Å². The third-order valence-electron chi connectivity index (χ3n) is 2.98. The zero-order chi connectivity index (χ0) is 12.0. The van der Waals surface area contributed by atoms with Gasteiger partial charge in [-0.2, -0.15) is 0 Å². The van der Waals surface area contributed by atoms with E-state index in [2.05, 4.69) is 26.0 Å². The first kappa shape index (κ1) is 13.6. The van der Waals surface area contributed by atoms with Gasteiger partial charge in [-0.25, -0.2) is 0 Å². The maximum Gasteiger partial charge on any atom is 0.0762 e. The Bertz CT molecular complexity index is 305. The second kappa shape index (κ2) is 6.97. The minimum atomic E-state index is -0.367. The molecule has 0 spiro atoms. The van der Waals surface area contributed by atoms with Gasteiger partial charge in [0.1, 0.15) is 0 Å². The van der Waals surface area contributed by atoms with Gasteiger partial charge in [0.25, 0.3) is 0 Å². The molecule has 0 radical (unpaired) electrons. The summed E-state index contributed by atoms with van der Waals surface area (Å²) in [5.74, 6) is 1.98. The number of benzene rings is 1. The minimum absolute atomic E-state index is 0.367. The third-order valence-corrected chi connectivity index (χ3v) is 4.21. The zero-order valence-electron chi connectivity index (χ0n) is 10.4. The van der Waals surface area contributed by atoms with Gasteiger partial charge in [0.2, 0.25) is 0 Å². The first-order valence-electron chi connectivity index (χ1n) is 6.08. The average Bonchev–Trinajstić information content (AvgIpc) is 2.31. The molecule has 1 nitrogen and oxygen atoms in total. The van der Waals surface area contributed by atoms with Crippen LogP contribution in [0.2, 0.25) is 0 Å². The summed E-state index contributed by atoms with van der Waals surface area (Å²) in [6.07, 6.45) is 2.13. The van der Waals surface area contributed by atoms with Crippen LogP contribution in [0.1, 0.15) is 45.3 Å². The molecule has 0 aliphatic rings. The summed E-state index contributed by atoms with van der Waals surface area (Å²) in [6, 6.07) is 8.22. The number of aliphatic hydroxyl groups is 1. The SMILES string of the molecule is CCC(CC)CSc1cccc(C(C)O)c1. The molecule has 1 aromatic rings. The quantitative estimate of drug-likeness (QED) is 0.747. The van der Waals surface area contributed by atoms with Crippen molar-refractivity contribution in [1.82, 2.24) is 0 Å². The van der Waals surface area contributed by atoms with Crippen molar-refractivity contribution in [1.29, 1.82) is 0 Å². The maximum absolute atomic E-state index is 9.51. The Hall–Kier alpha value is -0.470. The van der Waals surface area contributed by atoms with Gasteiger partial charge in [-0.3, -0.25) is 0 Å². The summed E-state index contributed by atoms with van der Waals surface area (Å²) >= 11 is 1.90. The number of aliphatic hydroxyl groups excluding tert-OH is 1. The summed E-state index contributed by atoms with van der Waals surface area (Å²) in [4.78, 5) is 1.27. The highest BCUT2D eigenvalue weighted by molar-refractivity contribution is 7.99. The van der Waals surface area contributed by atoms with Crippen molar-refractivity contribution in [2.75, 3.05) is 5.75 Å². The van der Waals surface area contributed by atoms with Crippen LogP contribution in [0.25, 0.3) is 0 Å². The van der Waals surface area contributed by atoms with Crippen LogP contribution in [-0.4, -0.2) is 10.9 Å². The van der Waals surface area contributed by atoms with E-state index in [1.165, 1.54) is 23.5 Å². The number of hydrogen-bond donors (Lipinski definition) is 1. The first-order valence-corrected chi connectivity index (χ1v) is 7.06. The highest BCUT2D eigenvalue weighted by atomic mass is 32.2. The molecule has 0 aliphatic heterocycles. The molecule has 0 aliphatic carbocycles. The maximum atomic E-state index is 9.51. The van der Waals surface area contributed by atoms with Gasteiger partial charge in [0.05, 0.1) is 6.10 Å². The number of rotatable bonds is 6. The van der Waals surface area contributed by atoms with Crippen LogP contribution >= 0.6 is 11.8 Å². The predicted molar refractivity (Wildman–Crippen MR) is 71.9 cm³/mol. The smallest absolute Gasteiger partial charge is 0.0762 e. The van der Waals surface area contributed by atoms with Crippen LogP contribution < -0.4 is 0 Å². The molecule has 0 amide bonds. The molecule has 1 unspecified atom stereocenters. The van der Waals surface area contributed by atoms with E-state index in [-0.39, 0.29) is 6.10 Å². The highest BCUT2D eigenvalue weighted by Crippen LogP contribution is 2.25. The Balaban J connectivity index is 2.56. The molecule has 2 heteroatoms. The third kappa shape index (κ3) is 4.18. The Morgan fingerprint density at radius 2 is 1.94 bits per heavy atom. The molecule has 90 valence electrons. The Morgan fingerprint density at radius 3 is 2.50 bits per heavy atom. The zero-order valence-corrected chi connectivity index (χ0v) is 11.3. The lowest BCUT2D eigenvalue weighted by atomic mass is 10.1. The van der Waals surface area contributed by atoms with Crippen molar-refractivity contribution < 1.29 is 5.11 Å². The summed E-state index contributed by atoms with van der Waals surface area (Å²) in [6.45, 7) is 6.31. The van der Waals surface area contributed by atoms with Gasteiger partial charge in [0, 0.05) is 10.6 Å². The van der Waals surface area contributed by atoms with E-state index < -0.39 is 0 Å². The van der Waals surface area contributed by atoms with E-state index in [9.17, 15) is 5.11 Å². The second-order valence-electron chi connectivity index (χ2n) is 4.24. The van der Waals surface area contributed by atoms with Gasteiger partial charge in [-0.05, 0) is 30.5 Å². The van der Waals surface area contributed by atoms with Crippen LogP contribution in [-0.2, 0) is 0 Å². The standard InChI is InChI=1S/C14H22OS/c1-4-12(5-2)10-16-14-8-6-7-13(9-14)11(3)15/h6-9,11-12,15H,4-5,10H2,1-3H3. The van der Waals surface area contributed by atoms with Crippen molar-refractivity contribution in [3.8, 4) is 0 Å².